The van der Waals surface area contributed by atoms with E-state index in [1.165, 1.54) is 30.8 Å². The first-order valence-corrected chi connectivity index (χ1v) is 14.6. The van der Waals surface area contributed by atoms with Crippen LogP contribution in [0, 0.1) is 5.41 Å². The van der Waals surface area contributed by atoms with Gasteiger partial charge < -0.3 is 10.1 Å². The predicted octanol–water partition coefficient (Wildman–Crippen LogP) is 5.09. The number of ether oxygens (including phenoxy) is 1. The Labute approximate surface area is 208 Å². The smallest absolute Gasteiger partial charge is 0.403 e. The van der Waals surface area contributed by atoms with E-state index < -0.39 is 17.5 Å². The molecule has 4 heterocycles. The third-order valence-electron chi connectivity index (χ3n) is 5.48. The molecule has 1 amide bonds. The summed E-state index contributed by atoms with van der Waals surface area (Å²) in [6.07, 6.45) is 0.0171. The van der Waals surface area contributed by atoms with Gasteiger partial charge in [-0.25, -0.2) is 19.4 Å². The molecule has 1 atom stereocenters. The van der Waals surface area contributed by atoms with Gasteiger partial charge in [-0.3, -0.25) is 9.78 Å². The second kappa shape index (κ2) is 8.64. The van der Waals surface area contributed by atoms with Crippen LogP contribution in [0.2, 0.25) is 0 Å². The van der Waals surface area contributed by atoms with E-state index >= 15 is 0 Å². The summed E-state index contributed by atoms with van der Waals surface area (Å²) >= 11 is 3.61. The highest BCUT2D eigenvalue weighted by Gasteiger charge is 2.68. The molecular formula is C19H14F3IN7O2PS. The van der Waals surface area contributed by atoms with Crippen LogP contribution in [0.3, 0.4) is 0 Å². The second-order valence-corrected chi connectivity index (χ2v) is 10.4. The van der Waals surface area contributed by atoms with Crippen LogP contribution in [0.1, 0.15) is 12.8 Å². The lowest BCUT2D eigenvalue weighted by Crippen LogP contribution is -2.37. The zero-order valence-corrected chi connectivity index (χ0v) is 21.2. The number of nitrogens with zero attached hydrogens (tertiary/aromatic N) is 6. The van der Waals surface area contributed by atoms with Crippen LogP contribution >= 0.6 is 39.8 Å². The number of methoxy groups -OCH3 is 1. The predicted molar refractivity (Wildman–Crippen MR) is 130 cm³/mol. The Morgan fingerprint density at radius 3 is 2.74 bits per heavy atom. The molecule has 176 valence electrons. The molecule has 0 aromatic carbocycles. The van der Waals surface area contributed by atoms with Crippen molar-refractivity contribution in [3.63, 3.8) is 0 Å². The molecular weight excluding hydrogens is 605 g/mol. The fourth-order valence-corrected chi connectivity index (χ4v) is 5.18. The van der Waals surface area contributed by atoms with Crippen LogP contribution in [0.4, 0.5) is 19.0 Å². The normalized spacial score (nSPS) is 15.2. The maximum atomic E-state index is 13.4. The van der Waals surface area contributed by atoms with E-state index in [0.717, 1.165) is 4.88 Å². The largest absolute Gasteiger partial charge is 0.493 e. The fraction of sp³-hybridized carbons (Fsp3) is 0.263. The summed E-state index contributed by atoms with van der Waals surface area (Å²) in [6, 6.07) is 1.51. The van der Waals surface area contributed by atoms with Gasteiger partial charge in [0, 0.05) is 24.0 Å². The van der Waals surface area contributed by atoms with Crippen molar-refractivity contribution < 1.29 is 22.7 Å². The molecule has 4 aromatic heterocycles. The van der Waals surface area contributed by atoms with E-state index in [4.69, 9.17) is 4.74 Å². The monoisotopic (exact) mass is 619 g/mol. The molecule has 1 fully saturated rings. The van der Waals surface area contributed by atoms with E-state index in [0.29, 0.717) is 28.8 Å². The van der Waals surface area contributed by atoms with Gasteiger partial charge in [-0.1, -0.05) is 0 Å². The number of hydrogen-bond donors (Lipinski definition) is 1. The van der Waals surface area contributed by atoms with Crippen molar-refractivity contribution in [1.29, 1.82) is 0 Å². The van der Waals surface area contributed by atoms with Crippen molar-refractivity contribution in [2.75, 3.05) is 12.4 Å². The number of pyridine rings is 1. The van der Waals surface area contributed by atoms with Gasteiger partial charge in [0.1, 0.15) is 28.6 Å². The van der Waals surface area contributed by atoms with Crippen LogP contribution in [0.25, 0.3) is 32.9 Å². The maximum absolute atomic E-state index is 13.4. The SMILES string of the molecule is COc1cc2ncnc(-c3cn(PI)nc3-c3cncs3)c2nc1NC(=O)C1(C(F)(F)F)CC1. The minimum absolute atomic E-state index is 0.0931. The molecule has 5 rings (SSSR count). The number of carbonyl (C=O) groups is 1. The fourth-order valence-electron chi connectivity index (χ4n) is 3.51. The molecule has 0 aliphatic heterocycles. The van der Waals surface area contributed by atoms with E-state index in [9.17, 15) is 18.0 Å². The van der Waals surface area contributed by atoms with Crippen molar-refractivity contribution in [1.82, 2.24) is 29.5 Å². The summed E-state index contributed by atoms with van der Waals surface area (Å²) in [6.45, 7) is 0. The minimum Gasteiger partial charge on any atom is -0.493 e. The zero-order chi connectivity index (χ0) is 24.1. The molecule has 34 heavy (non-hydrogen) atoms. The van der Waals surface area contributed by atoms with Crippen molar-refractivity contribution in [3.05, 3.63) is 30.3 Å². The molecule has 0 saturated heterocycles. The maximum Gasteiger partial charge on any atom is 0.403 e. The molecule has 0 spiro atoms. The Balaban J connectivity index is 1.64. The number of nitrogens with one attached hydrogen (secondary N) is 1. The molecule has 1 N–H and O–H groups in total. The van der Waals surface area contributed by atoms with Crippen LogP contribution in [-0.2, 0) is 4.79 Å². The van der Waals surface area contributed by atoms with Gasteiger partial charge in [-0.15, -0.1) is 11.3 Å². The Morgan fingerprint density at radius 1 is 1.32 bits per heavy atom. The molecule has 1 aliphatic carbocycles. The number of amides is 1. The van der Waals surface area contributed by atoms with Crippen LogP contribution in [0.5, 0.6) is 5.75 Å². The number of aromatic nitrogens is 6. The van der Waals surface area contributed by atoms with Gasteiger partial charge in [0.15, 0.2) is 11.6 Å². The van der Waals surface area contributed by atoms with Crippen LogP contribution in [-0.4, -0.2) is 48.7 Å². The second-order valence-electron chi connectivity index (χ2n) is 7.45. The van der Waals surface area contributed by atoms with E-state index in [1.807, 2.05) is 6.20 Å². The van der Waals surface area contributed by atoms with Gasteiger partial charge in [-0.05, 0) is 34.9 Å². The Morgan fingerprint density at radius 2 is 2.12 bits per heavy atom. The third kappa shape index (κ3) is 3.90. The molecule has 4 aromatic rings. The molecule has 0 bridgehead atoms. The number of anilines is 1. The standard InChI is InChI=1S/C19H14F3IN7O2PS/c1-32-11-4-10-15(27-16(11)28-17(31)18(2-3-18)19(20,21)22)14(26-7-25-10)9-6-30(33-23)29-13(9)12-5-24-8-34-12/h4-8,33H,2-3H2,1H3,(H,27,28,31). The van der Waals surface area contributed by atoms with Gasteiger partial charge >= 0.3 is 6.18 Å². The lowest BCUT2D eigenvalue weighted by atomic mass is 10.1. The lowest BCUT2D eigenvalue weighted by molar-refractivity contribution is -0.189. The summed E-state index contributed by atoms with van der Waals surface area (Å²) in [4.78, 5) is 30.6. The van der Waals surface area contributed by atoms with Gasteiger partial charge in [-0.2, -0.15) is 18.3 Å². The first-order valence-electron chi connectivity index (χ1n) is 9.71. The summed E-state index contributed by atoms with van der Waals surface area (Å²) < 4.78 is 47.4. The molecule has 9 nitrogen and oxygen atoms in total. The van der Waals surface area contributed by atoms with Gasteiger partial charge in [0.25, 0.3) is 0 Å². The summed E-state index contributed by atoms with van der Waals surface area (Å²) in [5, 5.41) is 6.93. The van der Waals surface area contributed by atoms with Crippen molar-refractivity contribution in [2.45, 2.75) is 19.0 Å². The number of carbonyl (C=O) groups excluding carboxylic acids is 1. The van der Waals surface area contributed by atoms with E-state index in [-0.39, 0.29) is 29.9 Å². The van der Waals surface area contributed by atoms with Crippen molar-refractivity contribution in [3.8, 4) is 27.6 Å². The number of fused-ring (bicyclic) bond motifs is 1. The molecule has 1 saturated carbocycles. The molecule has 1 aliphatic rings. The van der Waals surface area contributed by atoms with Crippen LogP contribution < -0.4 is 10.1 Å². The number of hydrogen-bond acceptors (Lipinski definition) is 8. The number of rotatable bonds is 6. The average Bonchev–Trinajstić information content (AvgIpc) is 3.28. The lowest BCUT2D eigenvalue weighted by Gasteiger charge is -2.19. The van der Waals surface area contributed by atoms with Crippen molar-refractivity contribution >= 4 is 62.5 Å². The highest BCUT2D eigenvalue weighted by Crippen LogP contribution is 2.58. The Hall–Kier alpha value is -2.45. The zero-order valence-electron chi connectivity index (χ0n) is 17.2. The Kier molecular flexibility index (Phi) is 5.92. The topological polar surface area (TPSA) is 108 Å². The molecule has 0 radical (unpaired) electrons. The van der Waals surface area contributed by atoms with Crippen LogP contribution in [0.15, 0.2) is 30.3 Å². The number of thiazole rings is 1. The highest BCUT2D eigenvalue weighted by atomic mass is 127. The van der Waals surface area contributed by atoms with E-state index in [2.05, 4.69) is 52.4 Å². The average molecular weight is 619 g/mol. The van der Waals surface area contributed by atoms with Crippen molar-refractivity contribution in [2.24, 2.45) is 5.41 Å². The third-order valence-corrected chi connectivity index (χ3v) is 8.14. The first kappa shape index (κ1) is 23.3. The van der Waals surface area contributed by atoms with E-state index in [1.54, 1.807) is 16.2 Å². The molecule has 1 unspecified atom stereocenters. The van der Waals surface area contributed by atoms with Gasteiger partial charge in [0.2, 0.25) is 5.91 Å². The first-order chi connectivity index (χ1) is 16.3. The highest BCUT2D eigenvalue weighted by molar-refractivity contribution is 14.2. The minimum atomic E-state index is -4.64. The quantitative estimate of drug-likeness (QED) is 0.237. The van der Waals surface area contributed by atoms with Gasteiger partial charge in [0.05, 0.1) is 29.4 Å². The number of alkyl halides is 3. The molecule has 15 heteroatoms. The summed E-state index contributed by atoms with van der Waals surface area (Å²) in [7, 11) is 1.34. The Bertz CT molecular complexity index is 1390. The number of halogens is 4. The summed E-state index contributed by atoms with van der Waals surface area (Å²) in [5.74, 6) is -1.20. The summed E-state index contributed by atoms with van der Waals surface area (Å²) in [5.41, 5.74) is 1.70.